The molecule has 3 aromatic rings. The number of anilines is 2. The molecule has 0 radical (unpaired) electrons. The van der Waals surface area contributed by atoms with Crippen LogP contribution >= 0.6 is 11.3 Å². The maximum absolute atomic E-state index is 12.3. The number of nitrogens with one attached hydrogen (secondary N) is 1. The number of ether oxygens (including phenoxy) is 4. The van der Waals surface area contributed by atoms with Gasteiger partial charge >= 0.3 is 5.97 Å². The molecule has 4 heterocycles. The molecule has 0 amide bonds. The molecule has 5 rings (SSSR count). The summed E-state index contributed by atoms with van der Waals surface area (Å²) < 4.78 is 21.7. The number of fused-ring (bicyclic) bond motifs is 1. The molecule has 1 saturated heterocycles. The zero-order chi connectivity index (χ0) is 26.9. The summed E-state index contributed by atoms with van der Waals surface area (Å²) in [4.78, 5) is 24.0. The fourth-order valence-corrected chi connectivity index (χ4v) is 5.71. The average Bonchev–Trinajstić information content (AvgIpc) is 3.62. The van der Waals surface area contributed by atoms with Gasteiger partial charge in [0, 0.05) is 48.9 Å². The van der Waals surface area contributed by atoms with Crippen LogP contribution in [-0.2, 0) is 27.1 Å². The molecule has 208 valence electrons. The third-order valence-corrected chi connectivity index (χ3v) is 7.84. The van der Waals surface area contributed by atoms with Crippen molar-refractivity contribution in [2.24, 2.45) is 0 Å². The second-order valence-electron chi connectivity index (χ2n) is 9.64. The number of carbonyl (C=O) groups is 1. The van der Waals surface area contributed by atoms with Gasteiger partial charge < -0.3 is 29.2 Å². The molecule has 0 aliphatic carbocycles. The van der Waals surface area contributed by atoms with Crippen LogP contribution in [0, 0.1) is 0 Å². The van der Waals surface area contributed by atoms with Gasteiger partial charge in [0.2, 0.25) is 6.79 Å². The molecular formula is C29H36N4O5S. The fraction of sp³-hybridized carbons (Fsp3) is 0.483. The van der Waals surface area contributed by atoms with Crippen LogP contribution in [0.25, 0.3) is 0 Å². The second kappa shape index (κ2) is 13.6. The molecule has 0 bridgehead atoms. The van der Waals surface area contributed by atoms with E-state index in [0.29, 0.717) is 19.4 Å². The number of thiazole rings is 1. The zero-order valence-electron chi connectivity index (χ0n) is 22.4. The maximum atomic E-state index is 12.3. The minimum Gasteiger partial charge on any atom is -0.466 e. The Morgan fingerprint density at radius 1 is 1.15 bits per heavy atom. The Kier molecular flexibility index (Phi) is 9.50. The number of hydrogen-bond donors (Lipinski definition) is 1. The number of carbonyl (C=O) groups excluding carboxylic acids is 1. The van der Waals surface area contributed by atoms with E-state index >= 15 is 0 Å². The second-order valence-corrected chi connectivity index (χ2v) is 10.6. The van der Waals surface area contributed by atoms with Crippen LogP contribution in [0.4, 0.5) is 11.5 Å². The molecule has 39 heavy (non-hydrogen) atoms. The molecule has 2 aliphatic rings. The van der Waals surface area contributed by atoms with Crippen molar-refractivity contribution >= 4 is 28.8 Å². The monoisotopic (exact) mass is 552 g/mol. The number of unbranched alkanes of at least 4 members (excludes halogenated alkanes) is 1. The number of aryl methyl sites for hydroxylation is 1. The highest BCUT2D eigenvalue weighted by Crippen LogP contribution is 2.36. The van der Waals surface area contributed by atoms with Crippen LogP contribution in [0.1, 0.15) is 48.4 Å². The lowest BCUT2D eigenvalue weighted by atomic mass is 9.91. The molecule has 0 saturated carbocycles. The van der Waals surface area contributed by atoms with E-state index in [9.17, 15) is 4.79 Å². The largest absolute Gasteiger partial charge is 0.466 e. The predicted molar refractivity (Wildman–Crippen MR) is 151 cm³/mol. The normalized spacial score (nSPS) is 15.3. The van der Waals surface area contributed by atoms with E-state index < -0.39 is 0 Å². The molecule has 1 fully saturated rings. The standard InChI is InChI=1S/C29H36N4O5S/c1-2-36-29(34)17-22(21-6-7-25-26(16-21)38-20-37-25)15-23-19-39-28(32-23)5-3-4-9-30-27-18-24(8-10-31-27)33-11-13-35-14-12-33/h6-8,10,16,18-19,22H,2-5,9,11-15,17,20H2,1H3,(H,30,31). The van der Waals surface area contributed by atoms with E-state index in [0.717, 1.165) is 85.7 Å². The molecule has 1 N–H and O–H groups in total. The predicted octanol–water partition coefficient (Wildman–Crippen LogP) is 4.82. The highest BCUT2D eigenvalue weighted by Gasteiger charge is 2.22. The van der Waals surface area contributed by atoms with Gasteiger partial charge in [-0.05, 0) is 56.4 Å². The molecular weight excluding hydrogens is 516 g/mol. The van der Waals surface area contributed by atoms with Crippen molar-refractivity contribution in [3.63, 3.8) is 0 Å². The summed E-state index contributed by atoms with van der Waals surface area (Å²) >= 11 is 1.69. The van der Waals surface area contributed by atoms with E-state index in [-0.39, 0.29) is 18.7 Å². The van der Waals surface area contributed by atoms with Crippen LogP contribution in [0.2, 0.25) is 0 Å². The number of morpholine rings is 1. The average molecular weight is 553 g/mol. The maximum Gasteiger partial charge on any atom is 0.306 e. The quantitative estimate of drug-likeness (QED) is 0.237. The zero-order valence-corrected chi connectivity index (χ0v) is 23.2. The van der Waals surface area contributed by atoms with Crippen LogP contribution in [0.3, 0.4) is 0 Å². The smallest absolute Gasteiger partial charge is 0.306 e. The molecule has 1 aromatic carbocycles. The molecule has 1 unspecified atom stereocenters. The molecule has 1 atom stereocenters. The lowest BCUT2D eigenvalue weighted by Gasteiger charge is -2.29. The van der Waals surface area contributed by atoms with Crippen molar-refractivity contribution in [2.75, 3.05) is 56.5 Å². The Balaban J connectivity index is 1.10. The minimum atomic E-state index is -0.201. The summed E-state index contributed by atoms with van der Waals surface area (Å²) in [6, 6.07) is 10.1. The van der Waals surface area contributed by atoms with E-state index in [1.54, 1.807) is 11.3 Å². The van der Waals surface area contributed by atoms with E-state index in [4.69, 9.17) is 23.9 Å². The fourth-order valence-electron chi connectivity index (χ4n) is 4.86. The molecule has 9 nitrogen and oxygen atoms in total. The number of esters is 1. The molecule has 2 aromatic heterocycles. The number of benzene rings is 1. The van der Waals surface area contributed by atoms with Gasteiger partial charge in [0.25, 0.3) is 0 Å². The Labute approximate surface area is 233 Å². The van der Waals surface area contributed by atoms with Crippen LogP contribution in [-0.4, -0.2) is 62.2 Å². The summed E-state index contributed by atoms with van der Waals surface area (Å²) in [7, 11) is 0. The van der Waals surface area contributed by atoms with Gasteiger partial charge in [0.15, 0.2) is 11.5 Å². The summed E-state index contributed by atoms with van der Waals surface area (Å²) in [6.07, 6.45) is 5.83. The first-order chi connectivity index (χ1) is 19.2. The summed E-state index contributed by atoms with van der Waals surface area (Å²) in [5, 5.41) is 6.69. The highest BCUT2D eigenvalue weighted by atomic mass is 32.1. The van der Waals surface area contributed by atoms with Gasteiger partial charge in [-0.3, -0.25) is 4.79 Å². The Morgan fingerprint density at radius 2 is 2.03 bits per heavy atom. The first-order valence-electron chi connectivity index (χ1n) is 13.7. The SMILES string of the molecule is CCOC(=O)CC(Cc1csc(CCCCNc2cc(N3CCOCC3)ccn2)n1)c1ccc2c(c1)OCO2. The Hall–Kier alpha value is -3.37. The first kappa shape index (κ1) is 27.2. The highest BCUT2D eigenvalue weighted by molar-refractivity contribution is 7.09. The van der Waals surface area contributed by atoms with Gasteiger partial charge in [-0.1, -0.05) is 6.07 Å². The van der Waals surface area contributed by atoms with Crippen LogP contribution in [0.5, 0.6) is 11.5 Å². The number of pyridine rings is 1. The van der Waals surface area contributed by atoms with Crippen molar-refractivity contribution < 1.29 is 23.7 Å². The van der Waals surface area contributed by atoms with E-state index in [1.165, 1.54) is 5.69 Å². The number of hydrogen-bond acceptors (Lipinski definition) is 10. The summed E-state index contributed by atoms with van der Waals surface area (Å²) in [6.45, 7) is 6.67. The molecule has 10 heteroatoms. The third-order valence-electron chi connectivity index (χ3n) is 6.88. The van der Waals surface area contributed by atoms with Crippen LogP contribution in [0.15, 0.2) is 41.9 Å². The number of rotatable bonds is 13. The van der Waals surface area contributed by atoms with Crippen molar-refractivity contribution in [3.8, 4) is 11.5 Å². The van der Waals surface area contributed by atoms with Gasteiger partial charge in [-0.2, -0.15) is 0 Å². The lowest BCUT2D eigenvalue weighted by Crippen LogP contribution is -2.36. The lowest BCUT2D eigenvalue weighted by molar-refractivity contribution is -0.143. The minimum absolute atomic E-state index is 0.0431. The topological polar surface area (TPSA) is 95.0 Å². The van der Waals surface area contributed by atoms with Gasteiger partial charge in [-0.15, -0.1) is 11.3 Å². The van der Waals surface area contributed by atoms with Gasteiger partial charge in [-0.25, -0.2) is 9.97 Å². The first-order valence-corrected chi connectivity index (χ1v) is 14.6. The van der Waals surface area contributed by atoms with E-state index in [2.05, 4.69) is 32.7 Å². The van der Waals surface area contributed by atoms with Gasteiger partial charge in [0.1, 0.15) is 5.82 Å². The third kappa shape index (κ3) is 7.60. The Bertz CT molecular complexity index is 1230. The number of nitrogens with zero attached hydrogens (tertiary/aromatic N) is 3. The van der Waals surface area contributed by atoms with Crippen molar-refractivity contribution in [1.82, 2.24) is 9.97 Å². The molecule has 0 spiro atoms. The molecule has 2 aliphatic heterocycles. The van der Waals surface area contributed by atoms with E-state index in [1.807, 2.05) is 31.3 Å². The van der Waals surface area contributed by atoms with Crippen molar-refractivity contribution in [2.45, 2.75) is 44.9 Å². The van der Waals surface area contributed by atoms with Crippen molar-refractivity contribution in [3.05, 3.63) is 58.2 Å². The summed E-state index contributed by atoms with van der Waals surface area (Å²) in [5.74, 6) is 2.12. The van der Waals surface area contributed by atoms with Crippen LogP contribution < -0.4 is 19.7 Å². The number of aromatic nitrogens is 2. The Morgan fingerprint density at radius 3 is 2.90 bits per heavy atom. The van der Waals surface area contributed by atoms with Crippen molar-refractivity contribution in [1.29, 1.82) is 0 Å². The van der Waals surface area contributed by atoms with Gasteiger partial charge in [0.05, 0.1) is 36.9 Å². The summed E-state index contributed by atoms with van der Waals surface area (Å²) in [5.41, 5.74) is 3.22.